The van der Waals surface area contributed by atoms with E-state index in [9.17, 15) is 0 Å². The van der Waals surface area contributed by atoms with Crippen molar-refractivity contribution in [3.63, 3.8) is 0 Å². The van der Waals surface area contributed by atoms with Gasteiger partial charge in [0.15, 0.2) is 5.82 Å². The van der Waals surface area contributed by atoms with Crippen molar-refractivity contribution in [2.24, 2.45) is 5.16 Å². The highest BCUT2D eigenvalue weighted by Crippen LogP contribution is 2.35. The average Bonchev–Trinajstić information content (AvgIpc) is 2.94. The number of rotatable bonds is 6. The summed E-state index contributed by atoms with van der Waals surface area (Å²) in [5, 5.41) is 13.9. The molecule has 0 aliphatic rings. The quantitative estimate of drug-likeness (QED) is 0.365. The molecule has 0 saturated carbocycles. The summed E-state index contributed by atoms with van der Waals surface area (Å²) in [6.07, 6.45) is 3.12. The molecule has 26 heavy (non-hydrogen) atoms. The highest BCUT2D eigenvalue weighted by Gasteiger charge is 2.20. The molecule has 3 rings (SSSR count). The summed E-state index contributed by atoms with van der Waals surface area (Å²) >= 11 is 7.73. The molecule has 0 fully saturated rings. The van der Waals surface area contributed by atoms with E-state index in [1.807, 2.05) is 47.0 Å². The molecule has 0 amide bonds. The van der Waals surface area contributed by atoms with E-state index in [1.165, 1.54) is 6.21 Å². The normalized spacial score (nSPS) is 11.5. The van der Waals surface area contributed by atoms with Crippen LogP contribution in [-0.2, 0) is 6.54 Å². The van der Waals surface area contributed by atoms with Crippen molar-refractivity contribution in [3.05, 3.63) is 70.9 Å². The number of hydrogen-bond donors (Lipinski definition) is 1. The van der Waals surface area contributed by atoms with Crippen LogP contribution in [0.1, 0.15) is 37.0 Å². The van der Waals surface area contributed by atoms with Crippen LogP contribution < -0.4 is 0 Å². The molecule has 0 saturated heterocycles. The number of hydrogen-bond acceptors (Lipinski definition) is 5. The van der Waals surface area contributed by atoms with Gasteiger partial charge in [-0.2, -0.15) is 0 Å². The van der Waals surface area contributed by atoms with Crippen LogP contribution >= 0.6 is 23.4 Å². The maximum Gasteiger partial charge on any atom is 0.156 e. The second kappa shape index (κ2) is 8.38. The molecule has 2 heterocycles. The summed E-state index contributed by atoms with van der Waals surface area (Å²) in [5.41, 5.74) is 1.85. The first kappa shape index (κ1) is 18.5. The number of oxime groups is 1. The maximum atomic E-state index is 9.05. The lowest BCUT2D eigenvalue weighted by Crippen LogP contribution is -2.07. The van der Waals surface area contributed by atoms with Crippen molar-refractivity contribution in [2.75, 3.05) is 0 Å². The molecule has 3 aromatic rings. The minimum atomic E-state index is 0.215. The first-order chi connectivity index (χ1) is 12.6. The van der Waals surface area contributed by atoms with Gasteiger partial charge in [0.05, 0.1) is 17.9 Å². The van der Waals surface area contributed by atoms with E-state index in [4.69, 9.17) is 16.8 Å². The minimum absolute atomic E-state index is 0.215. The van der Waals surface area contributed by atoms with E-state index in [0.717, 1.165) is 21.3 Å². The first-order valence-electron chi connectivity index (χ1n) is 8.19. The molecular formula is C19H19ClN4OS. The van der Waals surface area contributed by atoms with Gasteiger partial charge in [0.2, 0.25) is 0 Å². The first-order valence-corrected chi connectivity index (χ1v) is 9.39. The SMILES string of the molecule is CC(C)c1nc(/C=N/O)n(Cc2ccccn2)c1Sc1cccc(Cl)c1. The van der Waals surface area contributed by atoms with E-state index >= 15 is 0 Å². The van der Waals surface area contributed by atoms with Crippen LogP contribution in [0, 0.1) is 0 Å². The smallest absolute Gasteiger partial charge is 0.156 e. The molecule has 0 radical (unpaired) electrons. The van der Waals surface area contributed by atoms with Crippen LogP contribution in [0.15, 0.2) is 63.7 Å². The Balaban J connectivity index is 2.09. The lowest BCUT2D eigenvalue weighted by Gasteiger charge is -2.12. The average molecular weight is 387 g/mol. The van der Waals surface area contributed by atoms with E-state index in [0.29, 0.717) is 17.4 Å². The van der Waals surface area contributed by atoms with Crippen LogP contribution in [0.5, 0.6) is 0 Å². The van der Waals surface area contributed by atoms with Gasteiger partial charge in [-0.3, -0.25) is 4.98 Å². The van der Waals surface area contributed by atoms with E-state index in [2.05, 4.69) is 29.0 Å². The molecule has 5 nitrogen and oxygen atoms in total. The second-order valence-corrected chi connectivity index (χ2v) is 7.52. The number of aromatic nitrogens is 3. The second-order valence-electron chi connectivity index (χ2n) is 6.03. The van der Waals surface area contributed by atoms with E-state index in [-0.39, 0.29) is 5.92 Å². The summed E-state index contributed by atoms with van der Waals surface area (Å²) in [6, 6.07) is 13.5. The Morgan fingerprint density at radius 1 is 1.27 bits per heavy atom. The Morgan fingerprint density at radius 2 is 2.12 bits per heavy atom. The summed E-state index contributed by atoms with van der Waals surface area (Å²) in [4.78, 5) is 10.1. The number of imidazole rings is 1. The van der Waals surface area contributed by atoms with Gasteiger partial charge < -0.3 is 9.77 Å². The zero-order valence-corrected chi connectivity index (χ0v) is 16.1. The predicted molar refractivity (Wildman–Crippen MR) is 105 cm³/mol. The lowest BCUT2D eigenvalue weighted by molar-refractivity contribution is 0.321. The van der Waals surface area contributed by atoms with Crippen molar-refractivity contribution < 1.29 is 5.21 Å². The Labute approximate surface area is 161 Å². The third-order valence-electron chi connectivity index (χ3n) is 3.75. The molecule has 0 bridgehead atoms. The van der Waals surface area contributed by atoms with Crippen molar-refractivity contribution in [2.45, 2.75) is 36.2 Å². The molecule has 0 aliphatic carbocycles. The van der Waals surface area contributed by atoms with Crippen molar-refractivity contribution in [3.8, 4) is 0 Å². The molecule has 0 atom stereocenters. The van der Waals surface area contributed by atoms with Gasteiger partial charge in [0, 0.05) is 16.1 Å². The molecule has 2 aromatic heterocycles. The van der Waals surface area contributed by atoms with Gasteiger partial charge in [-0.05, 0) is 36.2 Å². The van der Waals surface area contributed by atoms with Gasteiger partial charge in [-0.15, -0.1) is 0 Å². The van der Waals surface area contributed by atoms with E-state index < -0.39 is 0 Å². The van der Waals surface area contributed by atoms with Crippen LogP contribution in [0.3, 0.4) is 0 Å². The molecule has 1 aromatic carbocycles. The zero-order chi connectivity index (χ0) is 18.5. The Morgan fingerprint density at radius 3 is 2.77 bits per heavy atom. The summed E-state index contributed by atoms with van der Waals surface area (Å²) in [6.45, 7) is 4.72. The van der Waals surface area contributed by atoms with Crippen LogP contribution in [0.25, 0.3) is 0 Å². The fourth-order valence-electron chi connectivity index (χ4n) is 2.56. The van der Waals surface area contributed by atoms with Gasteiger partial charge in [0.25, 0.3) is 0 Å². The topological polar surface area (TPSA) is 63.3 Å². The number of halogens is 1. The van der Waals surface area contributed by atoms with Crippen molar-refractivity contribution in [1.82, 2.24) is 14.5 Å². The van der Waals surface area contributed by atoms with E-state index in [1.54, 1.807) is 18.0 Å². The third-order valence-corrected chi connectivity index (χ3v) is 5.10. The van der Waals surface area contributed by atoms with Gasteiger partial charge in [-0.1, -0.05) is 54.5 Å². The molecule has 7 heteroatoms. The number of nitrogens with zero attached hydrogens (tertiary/aromatic N) is 4. The molecule has 0 spiro atoms. The van der Waals surface area contributed by atoms with Crippen molar-refractivity contribution in [1.29, 1.82) is 0 Å². The Bertz CT molecular complexity index is 909. The lowest BCUT2D eigenvalue weighted by atomic mass is 10.1. The third kappa shape index (κ3) is 4.26. The Hall–Kier alpha value is -2.31. The minimum Gasteiger partial charge on any atom is -0.411 e. The monoisotopic (exact) mass is 386 g/mol. The molecule has 0 unspecified atom stereocenters. The summed E-state index contributed by atoms with van der Waals surface area (Å²) in [5.74, 6) is 0.805. The van der Waals surface area contributed by atoms with Crippen molar-refractivity contribution >= 4 is 29.6 Å². The molecule has 134 valence electrons. The Kier molecular flexibility index (Phi) is 5.96. The maximum absolute atomic E-state index is 9.05. The summed E-state index contributed by atoms with van der Waals surface area (Å²) < 4.78 is 2.02. The largest absolute Gasteiger partial charge is 0.411 e. The molecule has 1 N–H and O–H groups in total. The van der Waals surface area contributed by atoms with Gasteiger partial charge >= 0.3 is 0 Å². The van der Waals surface area contributed by atoms with Gasteiger partial charge in [0.1, 0.15) is 11.2 Å². The number of pyridine rings is 1. The van der Waals surface area contributed by atoms with Crippen LogP contribution in [0.4, 0.5) is 0 Å². The van der Waals surface area contributed by atoms with Crippen LogP contribution in [0.2, 0.25) is 5.02 Å². The zero-order valence-electron chi connectivity index (χ0n) is 14.5. The fraction of sp³-hybridized carbons (Fsp3) is 0.211. The molecule has 0 aliphatic heterocycles. The summed E-state index contributed by atoms with van der Waals surface area (Å²) in [7, 11) is 0. The molecular weight excluding hydrogens is 368 g/mol. The predicted octanol–water partition coefficient (Wildman–Crippen LogP) is 5.06. The van der Waals surface area contributed by atoms with Crippen LogP contribution in [-0.4, -0.2) is 26.0 Å². The highest BCUT2D eigenvalue weighted by atomic mass is 35.5. The van der Waals surface area contributed by atoms with Gasteiger partial charge in [-0.25, -0.2) is 4.98 Å². The number of benzene rings is 1. The fourth-order valence-corrected chi connectivity index (χ4v) is 4.02. The standard InChI is InChI=1S/C19H19ClN4OS/c1-13(2)18-19(26-16-8-5-6-14(20)10-16)24(17(23-18)11-22-25)12-15-7-3-4-9-21-15/h3-11,13,25H,12H2,1-2H3/b22-11+. The highest BCUT2D eigenvalue weighted by molar-refractivity contribution is 7.99.